The molecule has 138 valence electrons. The quantitative estimate of drug-likeness (QED) is 0.708. The Labute approximate surface area is 159 Å². The van der Waals surface area contributed by atoms with E-state index in [4.69, 9.17) is 0 Å². The molecule has 1 aromatic heterocycles. The van der Waals surface area contributed by atoms with Crippen molar-refractivity contribution in [2.45, 2.75) is 34.2 Å². The first-order valence-corrected chi connectivity index (χ1v) is 8.95. The lowest BCUT2D eigenvalue weighted by molar-refractivity contribution is 0.0945. The van der Waals surface area contributed by atoms with E-state index in [0.717, 1.165) is 28.1 Å². The van der Waals surface area contributed by atoms with Crippen molar-refractivity contribution in [3.05, 3.63) is 82.2 Å². The lowest BCUT2D eigenvalue weighted by Gasteiger charge is -2.12. The van der Waals surface area contributed by atoms with Crippen molar-refractivity contribution in [3.63, 3.8) is 0 Å². The van der Waals surface area contributed by atoms with Gasteiger partial charge in [0.2, 0.25) is 5.95 Å². The Morgan fingerprint density at radius 2 is 1.67 bits per heavy atom. The molecule has 3 aromatic rings. The topological polar surface area (TPSA) is 66.9 Å². The van der Waals surface area contributed by atoms with Gasteiger partial charge in [-0.25, -0.2) is 9.97 Å². The maximum Gasteiger partial charge on any atom is 0.270 e. The second-order valence-corrected chi connectivity index (χ2v) is 6.70. The van der Waals surface area contributed by atoms with Gasteiger partial charge in [0.1, 0.15) is 5.69 Å². The minimum atomic E-state index is -0.215. The third-order valence-corrected chi connectivity index (χ3v) is 4.64. The first-order valence-electron chi connectivity index (χ1n) is 8.95. The van der Waals surface area contributed by atoms with E-state index in [0.29, 0.717) is 18.2 Å². The van der Waals surface area contributed by atoms with Crippen LogP contribution in [0.1, 0.15) is 38.4 Å². The van der Waals surface area contributed by atoms with Crippen molar-refractivity contribution >= 4 is 17.5 Å². The summed E-state index contributed by atoms with van der Waals surface area (Å²) in [6.07, 6.45) is 0. The lowest BCUT2D eigenvalue weighted by Crippen LogP contribution is -2.24. The third-order valence-electron chi connectivity index (χ3n) is 4.64. The number of hydrogen-bond donors (Lipinski definition) is 2. The van der Waals surface area contributed by atoms with E-state index in [1.54, 1.807) is 6.07 Å². The van der Waals surface area contributed by atoms with Gasteiger partial charge in [-0.05, 0) is 62.1 Å². The Kier molecular flexibility index (Phi) is 5.50. The van der Waals surface area contributed by atoms with Crippen LogP contribution in [0.25, 0.3) is 0 Å². The van der Waals surface area contributed by atoms with E-state index in [2.05, 4.69) is 33.6 Å². The number of rotatable bonds is 5. The Morgan fingerprint density at radius 3 is 2.44 bits per heavy atom. The molecule has 0 spiro atoms. The largest absolute Gasteiger partial charge is 0.347 e. The average molecular weight is 360 g/mol. The summed E-state index contributed by atoms with van der Waals surface area (Å²) in [6.45, 7) is 8.45. The number of carbonyl (C=O) groups is 1. The van der Waals surface area contributed by atoms with Gasteiger partial charge in [-0.15, -0.1) is 0 Å². The molecule has 0 unspecified atom stereocenters. The van der Waals surface area contributed by atoms with Crippen molar-refractivity contribution in [3.8, 4) is 0 Å². The Bertz CT molecular complexity index is 982. The summed E-state index contributed by atoms with van der Waals surface area (Å²) in [6, 6.07) is 15.7. The van der Waals surface area contributed by atoms with E-state index >= 15 is 0 Å². The van der Waals surface area contributed by atoms with Gasteiger partial charge >= 0.3 is 0 Å². The second-order valence-electron chi connectivity index (χ2n) is 6.70. The molecule has 1 heterocycles. The van der Waals surface area contributed by atoms with E-state index < -0.39 is 0 Å². The van der Waals surface area contributed by atoms with Crippen LogP contribution in [0.2, 0.25) is 0 Å². The van der Waals surface area contributed by atoms with Crippen LogP contribution in [0, 0.1) is 27.7 Å². The molecule has 5 nitrogen and oxygen atoms in total. The molecule has 0 aliphatic carbocycles. The van der Waals surface area contributed by atoms with Crippen LogP contribution in [0.4, 0.5) is 11.6 Å². The first-order chi connectivity index (χ1) is 12.9. The minimum absolute atomic E-state index is 0.215. The number of anilines is 2. The zero-order valence-corrected chi connectivity index (χ0v) is 16.1. The van der Waals surface area contributed by atoms with Gasteiger partial charge in [0.25, 0.3) is 5.91 Å². The SMILES string of the molecule is Cc1cc(C(=O)NCc2ccccc2C)nc(Nc2cccc(C)c2C)n1. The van der Waals surface area contributed by atoms with Gasteiger partial charge in [0.15, 0.2) is 0 Å². The number of benzene rings is 2. The Hall–Kier alpha value is -3.21. The molecular weight excluding hydrogens is 336 g/mol. The molecule has 0 bridgehead atoms. The zero-order chi connectivity index (χ0) is 19.4. The third kappa shape index (κ3) is 4.50. The molecule has 2 aromatic carbocycles. The second kappa shape index (κ2) is 7.99. The van der Waals surface area contributed by atoms with Crippen LogP contribution in [-0.2, 0) is 6.54 Å². The summed E-state index contributed by atoms with van der Waals surface area (Å²) in [5.41, 5.74) is 6.57. The fraction of sp³-hybridized carbons (Fsp3) is 0.227. The van der Waals surface area contributed by atoms with Crippen LogP contribution in [0.15, 0.2) is 48.5 Å². The molecule has 0 atom stereocenters. The first kappa shape index (κ1) is 18.6. The predicted octanol–water partition coefficient (Wildman–Crippen LogP) is 4.38. The summed E-state index contributed by atoms with van der Waals surface area (Å²) >= 11 is 0. The molecular formula is C22H24N4O. The van der Waals surface area contributed by atoms with Crippen LogP contribution in [-0.4, -0.2) is 15.9 Å². The molecule has 0 saturated heterocycles. The van der Waals surface area contributed by atoms with Crippen LogP contribution < -0.4 is 10.6 Å². The van der Waals surface area contributed by atoms with E-state index in [1.165, 1.54) is 5.56 Å². The fourth-order valence-electron chi connectivity index (χ4n) is 2.82. The van der Waals surface area contributed by atoms with Gasteiger partial charge in [-0.1, -0.05) is 36.4 Å². The van der Waals surface area contributed by atoms with Gasteiger partial charge < -0.3 is 10.6 Å². The molecule has 0 aliphatic rings. The highest BCUT2D eigenvalue weighted by Gasteiger charge is 2.12. The van der Waals surface area contributed by atoms with E-state index in [1.807, 2.05) is 57.2 Å². The zero-order valence-electron chi connectivity index (χ0n) is 16.1. The van der Waals surface area contributed by atoms with Crippen molar-refractivity contribution in [1.82, 2.24) is 15.3 Å². The monoisotopic (exact) mass is 360 g/mol. The van der Waals surface area contributed by atoms with Crippen molar-refractivity contribution < 1.29 is 4.79 Å². The van der Waals surface area contributed by atoms with Gasteiger partial charge in [-0.3, -0.25) is 4.79 Å². The number of carbonyl (C=O) groups excluding carboxylic acids is 1. The number of nitrogens with zero attached hydrogens (tertiary/aromatic N) is 2. The van der Waals surface area contributed by atoms with Crippen LogP contribution in [0.5, 0.6) is 0 Å². The van der Waals surface area contributed by atoms with Gasteiger partial charge in [0.05, 0.1) is 0 Å². The summed E-state index contributed by atoms with van der Waals surface area (Å²) in [4.78, 5) is 21.4. The molecule has 0 radical (unpaired) electrons. The summed E-state index contributed by atoms with van der Waals surface area (Å²) < 4.78 is 0. The highest BCUT2D eigenvalue weighted by atomic mass is 16.1. The highest BCUT2D eigenvalue weighted by Crippen LogP contribution is 2.21. The molecule has 5 heteroatoms. The lowest BCUT2D eigenvalue weighted by atomic mass is 10.1. The smallest absolute Gasteiger partial charge is 0.270 e. The summed E-state index contributed by atoms with van der Waals surface area (Å²) in [5.74, 6) is 0.206. The van der Waals surface area contributed by atoms with Gasteiger partial charge in [-0.2, -0.15) is 0 Å². The van der Waals surface area contributed by atoms with Gasteiger partial charge in [0, 0.05) is 17.9 Å². The number of aromatic nitrogens is 2. The maximum atomic E-state index is 12.6. The number of nitrogens with one attached hydrogen (secondary N) is 2. The number of hydrogen-bond acceptors (Lipinski definition) is 4. The van der Waals surface area contributed by atoms with Crippen molar-refractivity contribution in [2.24, 2.45) is 0 Å². The Balaban J connectivity index is 1.77. The highest BCUT2D eigenvalue weighted by molar-refractivity contribution is 5.92. The van der Waals surface area contributed by atoms with Crippen LogP contribution in [0.3, 0.4) is 0 Å². The van der Waals surface area contributed by atoms with Crippen molar-refractivity contribution in [1.29, 1.82) is 0 Å². The predicted molar refractivity (Wildman–Crippen MR) is 108 cm³/mol. The average Bonchev–Trinajstić information content (AvgIpc) is 2.64. The standard InChI is InChI=1S/C22H24N4O/c1-14-9-7-11-19(17(14)4)25-22-24-16(3)12-20(26-22)21(27)23-13-18-10-6-5-8-15(18)2/h5-12H,13H2,1-4H3,(H,23,27)(H,24,25,26). The molecule has 2 N–H and O–H groups in total. The van der Waals surface area contributed by atoms with Crippen molar-refractivity contribution in [2.75, 3.05) is 5.32 Å². The van der Waals surface area contributed by atoms with Crippen LogP contribution >= 0.6 is 0 Å². The van der Waals surface area contributed by atoms with E-state index in [-0.39, 0.29) is 5.91 Å². The molecule has 0 fully saturated rings. The maximum absolute atomic E-state index is 12.6. The van der Waals surface area contributed by atoms with E-state index in [9.17, 15) is 4.79 Å². The normalized spacial score (nSPS) is 10.5. The molecule has 0 aliphatic heterocycles. The summed E-state index contributed by atoms with van der Waals surface area (Å²) in [7, 11) is 0. The fourth-order valence-corrected chi connectivity index (χ4v) is 2.82. The number of amides is 1. The molecule has 27 heavy (non-hydrogen) atoms. The minimum Gasteiger partial charge on any atom is -0.347 e. The molecule has 3 rings (SSSR count). The molecule has 0 saturated carbocycles. The number of aryl methyl sites for hydroxylation is 3. The molecule has 1 amide bonds. The Morgan fingerprint density at radius 1 is 0.926 bits per heavy atom. The summed E-state index contributed by atoms with van der Waals surface area (Å²) in [5, 5.41) is 6.17.